The number of nitrogens with zero attached hydrogens (tertiary/aromatic N) is 3. The van der Waals surface area contributed by atoms with Gasteiger partial charge in [0.1, 0.15) is 11.3 Å². The molecule has 0 amide bonds. The van der Waals surface area contributed by atoms with Gasteiger partial charge < -0.3 is 4.57 Å². The first kappa shape index (κ1) is 13.9. The summed E-state index contributed by atoms with van der Waals surface area (Å²) in [5, 5.41) is 0.731. The van der Waals surface area contributed by atoms with Gasteiger partial charge in [0.2, 0.25) is 0 Å². The third kappa shape index (κ3) is 3.00. The Bertz CT molecular complexity index is 570. The van der Waals surface area contributed by atoms with Gasteiger partial charge in [-0.15, -0.1) is 0 Å². The summed E-state index contributed by atoms with van der Waals surface area (Å²) < 4.78 is 2.37. The molecule has 0 bridgehead atoms. The Kier molecular flexibility index (Phi) is 4.29. The number of aromatic nitrogens is 3. The molecular formula is C16H23N3S. The van der Waals surface area contributed by atoms with Crippen molar-refractivity contribution in [1.29, 1.82) is 0 Å². The van der Waals surface area contributed by atoms with E-state index in [0.29, 0.717) is 5.92 Å². The number of fused-ring (bicyclic) bond motifs is 1. The molecule has 0 spiro atoms. The fourth-order valence-corrected chi connectivity index (χ4v) is 4.17. The van der Waals surface area contributed by atoms with Crippen LogP contribution in [0.2, 0.25) is 0 Å². The van der Waals surface area contributed by atoms with E-state index in [4.69, 9.17) is 4.98 Å². The number of hydrogen-bond donors (Lipinski definition) is 0. The van der Waals surface area contributed by atoms with Crippen LogP contribution in [0.3, 0.4) is 0 Å². The smallest absolute Gasteiger partial charge is 0.160 e. The van der Waals surface area contributed by atoms with Crippen LogP contribution in [0.25, 0.3) is 11.2 Å². The zero-order chi connectivity index (χ0) is 13.9. The van der Waals surface area contributed by atoms with Gasteiger partial charge in [-0.25, -0.2) is 9.97 Å². The van der Waals surface area contributed by atoms with E-state index in [1.54, 1.807) is 0 Å². The van der Waals surface area contributed by atoms with E-state index >= 15 is 0 Å². The fourth-order valence-electron chi connectivity index (χ4n) is 2.87. The summed E-state index contributed by atoms with van der Waals surface area (Å²) in [6.45, 7) is 5.58. The van der Waals surface area contributed by atoms with Gasteiger partial charge in [-0.1, -0.05) is 20.3 Å². The predicted molar refractivity (Wildman–Crippen MR) is 86.2 cm³/mol. The Morgan fingerprint density at radius 2 is 2.30 bits per heavy atom. The van der Waals surface area contributed by atoms with Crippen molar-refractivity contribution in [2.45, 2.75) is 51.3 Å². The zero-order valence-corrected chi connectivity index (χ0v) is 13.2. The predicted octanol–water partition coefficient (Wildman–Crippen LogP) is 3.92. The van der Waals surface area contributed by atoms with Gasteiger partial charge in [0.15, 0.2) is 5.65 Å². The fraction of sp³-hybridized carbons (Fsp3) is 0.625. The minimum absolute atomic E-state index is 0.629. The Hall–Kier alpha value is -1.03. The number of rotatable bonds is 4. The molecule has 0 N–H and O–H groups in total. The summed E-state index contributed by atoms with van der Waals surface area (Å²) in [4.78, 5) is 9.38. The van der Waals surface area contributed by atoms with Gasteiger partial charge in [-0.3, -0.25) is 0 Å². The molecule has 2 aromatic rings. The van der Waals surface area contributed by atoms with Crippen molar-refractivity contribution in [3.05, 3.63) is 24.2 Å². The lowest BCUT2D eigenvalue weighted by Crippen LogP contribution is -2.19. The Morgan fingerprint density at radius 1 is 1.40 bits per heavy atom. The molecule has 1 aliphatic heterocycles. The lowest BCUT2D eigenvalue weighted by Gasteiger charge is -2.22. The molecule has 0 saturated carbocycles. The second kappa shape index (κ2) is 6.17. The molecule has 3 rings (SSSR count). The number of imidazole rings is 1. The zero-order valence-electron chi connectivity index (χ0n) is 12.4. The van der Waals surface area contributed by atoms with E-state index in [9.17, 15) is 0 Å². The van der Waals surface area contributed by atoms with Gasteiger partial charge in [0.05, 0.1) is 0 Å². The average molecular weight is 289 g/mol. The van der Waals surface area contributed by atoms with Crippen LogP contribution in [-0.4, -0.2) is 25.5 Å². The average Bonchev–Trinajstić information content (AvgIpc) is 2.77. The third-order valence-corrected chi connectivity index (χ3v) is 5.21. The number of thioether (sulfide) groups is 1. The SMILES string of the molecule is CC(C)Cc1nc2cccnc2n1CC1CCCCS1. The Labute approximate surface area is 125 Å². The highest BCUT2D eigenvalue weighted by Crippen LogP contribution is 2.28. The Balaban J connectivity index is 1.92. The molecule has 0 radical (unpaired) electrons. The molecule has 3 heterocycles. The second-order valence-electron chi connectivity index (χ2n) is 6.07. The highest BCUT2D eigenvalue weighted by atomic mass is 32.2. The van der Waals surface area contributed by atoms with E-state index in [-0.39, 0.29) is 0 Å². The van der Waals surface area contributed by atoms with Crippen molar-refractivity contribution >= 4 is 22.9 Å². The summed E-state index contributed by atoms with van der Waals surface area (Å²) in [6, 6.07) is 4.06. The van der Waals surface area contributed by atoms with Crippen LogP contribution >= 0.6 is 11.8 Å². The monoisotopic (exact) mass is 289 g/mol. The van der Waals surface area contributed by atoms with Crippen molar-refractivity contribution < 1.29 is 0 Å². The quantitative estimate of drug-likeness (QED) is 0.855. The molecule has 1 aliphatic rings. The first-order valence-corrected chi connectivity index (χ1v) is 8.70. The van der Waals surface area contributed by atoms with E-state index in [2.05, 4.69) is 41.2 Å². The molecule has 20 heavy (non-hydrogen) atoms. The van der Waals surface area contributed by atoms with Crippen molar-refractivity contribution in [2.75, 3.05) is 5.75 Å². The van der Waals surface area contributed by atoms with Crippen LogP contribution in [0.5, 0.6) is 0 Å². The van der Waals surface area contributed by atoms with Gasteiger partial charge in [0, 0.05) is 24.4 Å². The summed E-state index contributed by atoms with van der Waals surface area (Å²) in [5.74, 6) is 3.15. The molecule has 3 nitrogen and oxygen atoms in total. The van der Waals surface area contributed by atoms with Crippen LogP contribution in [-0.2, 0) is 13.0 Å². The van der Waals surface area contributed by atoms with Crippen molar-refractivity contribution in [1.82, 2.24) is 14.5 Å². The van der Waals surface area contributed by atoms with Gasteiger partial charge in [-0.2, -0.15) is 11.8 Å². The van der Waals surface area contributed by atoms with Crippen LogP contribution in [0, 0.1) is 5.92 Å². The summed E-state index contributed by atoms with van der Waals surface area (Å²) in [7, 11) is 0. The summed E-state index contributed by atoms with van der Waals surface area (Å²) in [6.07, 6.45) is 7.00. The molecule has 1 saturated heterocycles. The molecule has 1 fully saturated rings. The van der Waals surface area contributed by atoms with Crippen LogP contribution in [0.15, 0.2) is 18.3 Å². The van der Waals surface area contributed by atoms with Crippen molar-refractivity contribution in [2.24, 2.45) is 5.92 Å². The summed E-state index contributed by atoms with van der Waals surface area (Å²) in [5.41, 5.74) is 2.11. The maximum absolute atomic E-state index is 4.81. The standard InChI is InChI=1S/C16H23N3S/c1-12(2)10-15-18-14-7-5-8-17-16(14)19(15)11-13-6-3-4-9-20-13/h5,7-8,12-13H,3-4,6,9-11H2,1-2H3. The second-order valence-corrected chi connectivity index (χ2v) is 7.48. The summed E-state index contributed by atoms with van der Waals surface area (Å²) >= 11 is 2.12. The van der Waals surface area contributed by atoms with E-state index in [0.717, 1.165) is 29.4 Å². The lowest BCUT2D eigenvalue weighted by molar-refractivity contribution is 0.544. The molecule has 0 aliphatic carbocycles. The minimum Gasteiger partial charge on any atom is -0.312 e. The first-order valence-electron chi connectivity index (χ1n) is 7.66. The minimum atomic E-state index is 0.629. The number of pyridine rings is 1. The lowest BCUT2D eigenvalue weighted by atomic mass is 10.1. The van der Waals surface area contributed by atoms with Crippen molar-refractivity contribution in [3.8, 4) is 0 Å². The van der Waals surface area contributed by atoms with Gasteiger partial charge in [-0.05, 0) is 36.6 Å². The molecule has 1 atom stereocenters. The van der Waals surface area contributed by atoms with Gasteiger partial charge in [0.25, 0.3) is 0 Å². The largest absolute Gasteiger partial charge is 0.312 e. The highest BCUT2D eigenvalue weighted by Gasteiger charge is 2.19. The topological polar surface area (TPSA) is 30.7 Å². The maximum atomic E-state index is 4.81. The molecule has 0 aromatic carbocycles. The molecule has 4 heteroatoms. The molecule has 2 aromatic heterocycles. The van der Waals surface area contributed by atoms with Crippen LogP contribution in [0.4, 0.5) is 0 Å². The highest BCUT2D eigenvalue weighted by molar-refractivity contribution is 7.99. The van der Waals surface area contributed by atoms with Crippen LogP contribution < -0.4 is 0 Å². The van der Waals surface area contributed by atoms with Crippen LogP contribution in [0.1, 0.15) is 38.9 Å². The maximum Gasteiger partial charge on any atom is 0.160 e. The van der Waals surface area contributed by atoms with E-state index in [1.807, 2.05) is 12.3 Å². The molecular weight excluding hydrogens is 266 g/mol. The normalized spacial score (nSPS) is 19.9. The molecule has 1 unspecified atom stereocenters. The van der Waals surface area contributed by atoms with E-state index < -0.39 is 0 Å². The first-order chi connectivity index (χ1) is 9.74. The van der Waals surface area contributed by atoms with E-state index in [1.165, 1.54) is 30.8 Å². The van der Waals surface area contributed by atoms with Gasteiger partial charge >= 0.3 is 0 Å². The molecule has 108 valence electrons. The number of hydrogen-bond acceptors (Lipinski definition) is 3. The Morgan fingerprint density at radius 3 is 3.05 bits per heavy atom. The van der Waals surface area contributed by atoms with Crippen molar-refractivity contribution in [3.63, 3.8) is 0 Å². The third-order valence-electron chi connectivity index (χ3n) is 3.83.